The Labute approximate surface area is 179 Å². The predicted molar refractivity (Wildman–Crippen MR) is 117 cm³/mol. The summed E-state index contributed by atoms with van der Waals surface area (Å²) in [5, 5.41) is 23.2. The number of hydrogen-bond acceptors (Lipinski definition) is 5. The molecule has 3 N–H and O–H groups in total. The molecule has 1 aliphatic carbocycles. The first-order valence-corrected chi connectivity index (χ1v) is 11.4. The minimum absolute atomic E-state index is 0.0524. The molecule has 0 aromatic heterocycles. The molecule has 1 aromatic rings. The number of carboxylic acids is 1. The van der Waals surface area contributed by atoms with Crippen LogP contribution in [-0.2, 0) is 11.2 Å². The van der Waals surface area contributed by atoms with E-state index in [1.165, 1.54) is 31.7 Å². The van der Waals surface area contributed by atoms with Crippen molar-refractivity contribution in [3.8, 4) is 5.75 Å². The molecule has 2 unspecified atom stereocenters. The molecule has 0 bridgehead atoms. The summed E-state index contributed by atoms with van der Waals surface area (Å²) in [5.74, 6) is 0.0887. The lowest BCUT2D eigenvalue weighted by Gasteiger charge is -2.28. The zero-order chi connectivity index (χ0) is 21.5. The Morgan fingerprint density at radius 3 is 2.77 bits per heavy atom. The zero-order valence-corrected chi connectivity index (χ0v) is 17.9. The molecule has 1 aromatic carbocycles. The molecule has 1 heterocycles. The molecule has 0 spiro atoms. The van der Waals surface area contributed by atoms with Gasteiger partial charge in [-0.25, -0.2) is 4.79 Å². The number of carbonyl (C=O) groups excluding carboxylic acids is 1. The summed E-state index contributed by atoms with van der Waals surface area (Å²) in [6, 6.07) is 4.95. The number of hydrogen-bond donors (Lipinski definition) is 3. The van der Waals surface area contributed by atoms with E-state index in [9.17, 15) is 19.7 Å². The van der Waals surface area contributed by atoms with Crippen LogP contribution in [-0.4, -0.2) is 42.1 Å². The lowest BCUT2D eigenvalue weighted by Crippen LogP contribution is -2.36. The van der Waals surface area contributed by atoms with Crippen molar-refractivity contribution in [3.63, 3.8) is 0 Å². The SMILES string of the molecule is CCCCCNCC1CCC(CC(=O)C[C@H]2Cc3cccc(C(=O)O)c3OB2O)C1. The van der Waals surface area contributed by atoms with Crippen LogP contribution in [0.2, 0.25) is 5.82 Å². The van der Waals surface area contributed by atoms with E-state index in [0.29, 0.717) is 24.7 Å². The van der Waals surface area contributed by atoms with Crippen molar-refractivity contribution in [2.24, 2.45) is 11.8 Å². The molecular formula is C23H34BNO5. The third-order valence-electron chi connectivity index (χ3n) is 6.50. The van der Waals surface area contributed by atoms with Gasteiger partial charge in [0.15, 0.2) is 0 Å². The van der Waals surface area contributed by atoms with Gasteiger partial charge in [0, 0.05) is 18.7 Å². The summed E-state index contributed by atoms with van der Waals surface area (Å²) in [4.78, 5) is 24.0. The van der Waals surface area contributed by atoms with Crippen molar-refractivity contribution in [1.82, 2.24) is 5.32 Å². The van der Waals surface area contributed by atoms with Gasteiger partial charge in [-0.05, 0) is 68.7 Å². The summed E-state index contributed by atoms with van der Waals surface area (Å²) < 4.78 is 5.51. The third kappa shape index (κ3) is 6.08. The van der Waals surface area contributed by atoms with Gasteiger partial charge in [-0.15, -0.1) is 0 Å². The molecule has 3 rings (SSSR count). The van der Waals surface area contributed by atoms with Crippen LogP contribution in [0, 0.1) is 11.8 Å². The maximum atomic E-state index is 12.7. The summed E-state index contributed by atoms with van der Waals surface area (Å²) in [6.07, 6.45) is 8.41. The van der Waals surface area contributed by atoms with Crippen LogP contribution in [0.5, 0.6) is 5.75 Å². The Kier molecular flexibility index (Phi) is 8.34. The van der Waals surface area contributed by atoms with Gasteiger partial charge in [0.05, 0.1) is 5.56 Å². The molecule has 1 aliphatic heterocycles. The number of benzene rings is 1. The second-order valence-electron chi connectivity index (χ2n) is 8.97. The fraction of sp³-hybridized carbons (Fsp3) is 0.652. The van der Waals surface area contributed by atoms with Crippen molar-refractivity contribution >= 4 is 18.9 Å². The van der Waals surface area contributed by atoms with Crippen molar-refractivity contribution in [2.45, 2.75) is 70.5 Å². The number of para-hydroxylation sites is 1. The smallest absolute Gasteiger partial charge is 0.526 e. The molecular weight excluding hydrogens is 381 g/mol. The number of fused-ring (bicyclic) bond motifs is 1. The first-order chi connectivity index (χ1) is 14.5. The van der Waals surface area contributed by atoms with E-state index < -0.39 is 13.1 Å². The number of unbranched alkanes of at least 4 members (excludes halogenated alkanes) is 2. The van der Waals surface area contributed by atoms with Gasteiger partial charge in [-0.3, -0.25) is 4.79 Å². The summed E-state index contributed by atoms with van der Waals surface area (Å²) >= 11 is 0. The molecule has 1 fully saturated rings. The second kappa shape index (κ2) is 11.0. The minimum Gasteiger partial charge on any atom is -0.535 e. The first kappa shape index (κ1) is 22.8. The first-order valence-electron chi connectivity index (χ1n) is 11.4. The van der Waals surface area contributed by atoms with Gasteiger partial charge in [-0.2, -0.15) is 0 Å². The Bertz CT molecular complexity index is 740. The van der Waals surface area contributed by atoms with Crippen LogP contribution >= 0.6 is 0 Å². The largest absolute Gasteiger partial charge is 0.535 e. The van der Waals surface area contributed by atoms with Gasteiger partial charge in [-0.1, -0.05) is 31.9 Å². The van der Waals surface area contributed by atoms with Gasteiger partial charge >= 0.3 is 13.1 Å². The highest BCUT2D eigenvalue weighted by Crippen LogP contribution is 2.38. The van der Waals surface area contributed by atoms with Gasteiger partial charge in [0.1, 0.15) is 11.5 Å². The van der Waals surface area contributed by atoms with E-state index in [0.717, 1.165) is 31.5 Å². The summed E-state index contributed by atoms with van der Waals surface area (Å²) in [5.41, 5.74) is 0.796. The lowest BCUT2D eigenvalue weighted by molar-refractivity contribution is -0.120. The molecule has 0 saturated heterocycles. The van der Waals surface area contributed by atoms with E-state index in [-0.39, 0.29) is 29.3 Å². The van der Waals surface area contributed by atoms with Crippen LogP contribution in [0.1, 0.15) is 74.2 Å². The molecule has 1 saturated carbocycles. The quantitative estimate of drug-likeness (QED) is 0.377. The summed E-state index contributed by atoms with van der Waals surface area (Å²) in [6.45, 7) is 4.34. The highest BCUT2D eigenvalue weighted by Gasteiger charge is 2.38. The van der Waals surface area contributed by atoms with Gasteiger partial charge in [0.25, 0.3) is 0 Å². The Balaban J connectivity index is 1.44. The topological polar surface area (TPSA) is 95.9 Å². The average molecular weight is 415 g/mol. The van der Waals surface area contributed by atoms with Crippen LogP contribution in [0.4, 0.5) is 0 Å². The average Bonchev–Trinajstić information content (AvgIpc) is 3.15. The molecule has 0 amide bonds. The second-order valence-corrected chi connectivity index (χ2v) is 8.97. The molecule has 6 nitrogen and oxygen atoms in total. The molecule has 3 atom stereocenters. The van der Waals surface area contributed by atoms with Gasteiger partial charge in [0.2, 0.25) is 0 Å². The van der Waals surface area contributed by atoms with Crippen LogP contribution in [0.25, 0.3) is 0 Å². The van der Waals surface area contributed by atoms with Crippen molar-refractivity contribution in [2.75, 3.05) is 13.1 Å². The number of carboxylic acid groups (broad SMARTS) is 1. The molecule has 0 radical (unpaired) electrons. The normalized spacial score (nSPS) is 23.1. The highest BCUT2D eigenvalue weighted by molar-refractivity contribution is 6.47. The molecule has 2 aliphatic rings. The number of Topliss-reactive ketones (excluding diaryl/α,β-unsaturated/α-hetero) is 1. The van der Waals surface area contributed by atoms with Crippen molar-refractivity contribution in [1.29, 1.82) is 0 Å². The number of rotatable bonds is 11. The Morgan fingerprint density at radius 2 is 2.00 bits per heavy atom. The fourth-order valence-electron chi connectivity index (χ4n) is 4.88. The molecule has 30 heavy (non-hydrogen) atoms. The number of aromatic carboxylic acids is 1. The third-order valence-corrected chi connectivity index (χ3v) is 6.50. The standard InChI is InChI=1S/C23H34BNO5/c1-2-3-4-10-25-15-17-9-8-16(11-17)12-20(26)14-19-13-18-6-5-7-21(23(27)28)22(18)30-24(19)29/h5-7,16-17,19,25,29H,2-4,8-15H2,1H3,(H,27,28)/t16?,17?,19-/m1/s1. The van der Waals surface area contributed by atoms with E-state index in [2.05, 4.69) is 12.2 Å². The predicted octanol–water partition coefficient (Wildman–Crippen LogP) is 3.72. The lowest BCUT2D eigenvalue weighted by atomic mass is 9.64. The van der Waals surface area contributed by atoms with Crippen molar-refractivity contribution in [3.05, 3.63) is 29.3 Å². The van der Waals surface area contributed by atoms with Crippen molar-refractivity contribution < 1.29 is 24.4 Å². The zero-order valence-electron chi connectivity index (χ0n) is 17.9. The fourth-order valence-corrected chi connectivity index (χ4v) is 4.88. The molecule has 7 heteroatoms. The minimum atomic E-state index is -1.15. The summed E-state index contributed by atoms with van der Waals surface area (Å²) in [7, 11) is -1.15. The number of carbonyl (C=O) groups is 2. The number of ketones is 1. The molecule has 164 valence electrons. The van der Waals surface area contributed by atoms with E-state index >= 15 is 0 Å². The van der Waals surface area contributed by atoms with Crippen LogP contribution in [0.3, 0.4) is 0 Å². The Morgan fingerprint density at radius 1 is 1.20 bits per heavy atom. The van der Waals surface area contributed by atoms with Crippen LogP contribution in [0.15, 0.2) is 18.2 Å². The highest BCUT2D eigenvalue weighted by atomic mass is 16.5. The Hall–Kier alpha value is -1.86. The van der Waals surface area contributed by atoms with E-state index in [4.69, 9.17) is 4.65 Å². The van der Waals surface area contributed by atoms with E-state index in [1.807, 2.05) is 0 Å². The van der Waals surface area contributed by atoms with Crippen LogP contribution < -0.4 is 9.97 Å². The number of nitrogens with one attached hydrogen (secondary N) is 1. The monoisotopic (exact) mass is 415 g/mol. The van der Waals surface area contributed by atoms with Gasteiger partial charge < -0.3 is 20.1 Å². The maximum absolute atomic E-state index is 12.7. The maximum Gasteiger partial charge on any atom is 0.526 e. The van der Waals surface area contributed by atoms with E-state index in [1.54, 1.807) is 12.1 Å².